The zero-order valence-electron chi connectivity index (χ0n) is 22.4. The van der Waals surface area contributed by atoms with Crippen molar-refractivity contribution in [2.45, 2.75) is 33.7 Å². The second kappa shape index (κ2) is 12.6. The van der Waals surface area contributed by atoms with Crippen molar-refractivity contribution < 1.29 is 22.7 Å². The van der Waals surface area contributed by atoms with Gasteiger partial charge in [-0.25, -0.2) is 9.97 Å². The molecule has 4 aromatic rings. The summed E-state index contributed by atoms with van der Waals surface area (Å²) in [6, 6.07) is 20.1. The number of anilines is 3. The Hall–Kier alpha value is -4.44. The number of alkyl halides is 3. The minimum atomic E-state index is -4.75. The maximum atomic E-state index is 12.9. The maximum absolute atomic E-state index is 12.9. The van der Waals surface area contributed by atoms with Crippen molar-refractivity contribution in [1.29, 1.82) is 0 Å². The largest absolute Gasteiger partial charge is 0.573 e. The monoisotopic (exact) mass is 549 g/mol. The van der Waals surface area contributed by atoms with E-state index in [1.165, 1.54) is 24.3 Å². The van der Waals surface area contributed by atoms with Gasteiger partial charge >= 0.3 is 6.36 Å². The number of amides is 1. The molecule has 0 aliphatic heterocycles. The van der Waals surface area contributed by atoms with Gasteiger partial charge in [-0.2, -0.15) is 0 Å². The van der Waals surface area contributed by atoms with E-state index in [0.29, 0.717) is 28.5 Å². The Balaban J connectivity index is 1.41. The van der Waals surface area contributed by atoms with E-state index in [1.807, 2.05) is 19.1 Å². The molecule has 208 valence electrons. The van der Waals surface area contributed by atoms with Gasteiger partial charge in [0.25, 0.3) is 5.91 Å². The lowest BCUT2D eigenvalue weighted by molar-refractivity contribution is -0.274. The van der Waals surface area contributed by atoms with Crippen molar-refractivity contribution in [1.82, 2.24) is 14.9 Å². The molecule has 0 aliphatic rings. The summed E-state index contributed by atoms with van der Waals surface area (Å²) >= 11 is 0. The highest BCUT2D eigenvalue weighted by Gasteiger charge is 2.31. The molecule has 2 N–H and O–H groups in total. The zero-order valence-corrected chi connectivity index (χ0v) is 22.4. The first-order valence-electron chi connectivity index (χ1n) is 12.8. The molecule has 0 saturated carbocycles. The van der Waals surface area contributed by atoms with Crippen LogP contribution in [-0.4, -0.2) is 40.2 Å². The number of rotatable bonds is 10. The van der Waals surface area contributed by atoms with Crippen LogP contribution in [0.4, 0.5) is 30.5 Å². The fraction of sp³-hybridized carbons (Fsp3) is 0.233. The standard InChI is InChI=1S/C30H30F3N5O2/c1-4-38(5-2)19-21-7-6-20(3)27(18-21)36-28(39)23-8-12-24(13-9-23)35-29-34-17-16-26(37-29)22-10-14-25(15-11-22)40-30(31,32)33/h6-18H,4-5,19H2,1-3H3,(H,36,39)(H,34,35,37). The van der Waals surface area contributed by atoms with E-state index in [-0.39, 0.29) is 11.7 Å². The van der Waals surface area contributed by atoms with E-state index in [9.17, 15) is 18.0 Å². The molecule has 0 saturated heterocycles. The van der Waals surface area contributed by atoms with Crippen LogP contribution in [0.3, 0.4) is 0 Å². The van der Waals surface area contributed by atoms with Crippen molar-refractivity contribution >= 4 is 23.2 Å². The van der Waals surface area contributed by atoms with Gasteiger partial charge in [0.1, 0.15) is 5.75 Å². The molecule has 0 radical (unpaired) electrons. The van der Waals surface area contributed by atoms with Crippen LogP contribution in [0.1, 0.15) is 35.3 Å². The lowest BCUT2D eigenvalue weighted by atomic mass is 10.1. The summed E-state index contributed by atoms with van der Waals surface area (Å²) in [7, 11) is 0. The van der Waals surface area contributed by atoms with Crippen LogP contribution in [0.2, 0.25) is 0 Å². The average molecular weight is 550 g/mol. The van der Waals surface area contributed by atoms with Gasteiger partial charge in [0.2, 0.25) is 5.95 Å². The first-order chi connectivity index (χ1) is 19.1. The van der Waals surface area contributed by atoms with Crippen molar-refractivity contribution in [3.8, 4) is 17.0 Å². The molecule has 40 heavy (non-hydrogen) atoms. The van der Waals surface area contributed by atoms with E-state index >= 15 is 0 Å². The highest BCUT2D eigenvalue weighted by molar-refractivity contribution is 6.04. The van der Waals surface area contributed by atoms with Gasteiger partial charge in [0.05, 0.1) is 5.69 Å². The van der Waals surface area contributed by atoms with Crippen LogP contribution < -0.4 is 15.4 Å². The molecule has 10 heteroatoms. The van der Waals surface area contributed by atoms with Crippen LogP contribution in [0.25, 0.3) is 11.3 Å². The number of hydrogen-bond acceptors (Lipinski definition) is 6. The highest BCUT2D eigenvalue weighted by Crippen LogP contribution is 2.26. The first kappa shape index (κ1) is 28.6. The lowest BCUT2D eigenvalue weighted by Crippen LogP contribution is -2.22. The Morgan fingerprint density at radius 3 is 2.30 bits per heavy atom. The molecule has 0 spiro atoms. The van der Waals surface area contributed by atoms with Crippen LogP contribution in [0.15, 0.2) is 79.0 Å². The summed E-state index contributed by atoms with van der Waals surface area (Å²) in [5.41, 5.74) is 5.18. The predicted octanol–water partition coefficient (Wildman–Crippen LogP) is 7.19. The minimum Gasteiger partial charge on any atom is -0.406 e. The smallest absolute Gasteiger partial charge is 0.406 e. The van der Waals surface area contributed by atoms with Gasteiger partial charge in [0, 0.05) is 35.2 Å². The Kier molecular flexibility index (Phi) is 9.00. The van der Waals surface area contributed by atoms with Crippen molar-refractivity contribution in [3.63, 3.8) is 0 Å². The molecule has 1 amide bonds. The normalized spacial score (nSPS) is 11.4. The number of nitrogens with zero attached hydrogens (tertiary/aromatic N) is 3. The third-order valence-electron chi connectivity index (χ3n) is 6.29. The van der Waals surface area contributed by atoms with Gasteiger partial charge in [-0.3, -0.25) is 9.69 Å². The number of ether oxygens (including phenoxy) is 1. The van der Waals surface area contributed by atoms with Gasteiger partial charge in [-0.05, 0) is 91.8 Å². The Morgan fingerprint density at radius 2 is 1.65 bits per heavy atom. The first-order valence-corrected chi connectivity index (χ1v) is 12.8. The third-order valence-corrected chi connectivity index (χ3v) is 6.29. The second-order valence-corrected chi connectivity index (χ2v) is 9.10. The van der Waals surface area contributed by atoms with E-state index in [1.54, 1.807) is 36.5 Å². The number of benzene rings is 3. The summed E-state index contributed by atoms with van der Waals surface area (Å²) in [5, 5.41) is 6.10. The molecule has 4 rings (SSSR count). The van der Waals surface area contributed by atoms with Crippen molar-refractivity contribution in [2.75, 3.05) is 23.7 Å². The summed E-state index contributed by atoms with van der Waals surface area (Å²) in [4.78, 5) is 23.9. The van der Waals surface area contributed by atoms with E-state index in [4.69, 9.17) is 0 Å². The molecule has 1 aromatic heterocycles. The molecule has 0 bridgehead atoms. The molecule has 3 aromatic carbocycles. The lowest BCUT2D eigenvalue weighted by Gasteiger charge is -2.19. The molecule has 0 atom stereocenters. The second-order valence-electron chi connectivity index (χ2n) is 9.10. The molecule has 0 fully saturated rings. The molecular formula is C30H30F3N5O2. The molecule has 0 unspecified atom stereocenters. The SMILES string of the molecule is CCN(CC)Cc1ccc(C)c(NC(=O)c2ccc(Nc3nccc(-c4ccc(OC(F)(F)F)cc4)n3)cc2)c1. The van der Waals surface area contributed by atoms with Gasteiger partial charge in [0.15, 0.2) is 0 Å². The Bertz CT molecular complexity index is 1440. The van der Waals surface area contributed by atoms with Crippen molar-refractivity contribution in [3.05, 3.63) is 95.7 Å². The number of nitrogens with one attached hydrogen (secondary N) is 2. The zero-order chi connectivity index (χ0) is 28.7. The minimum absolute atomic E-state index is 0.217. The van der Waals surface area contributed by atoms with Crippen molar-refractivity contribution in [2.24, 2.45) is 0 Å². The fourth-order valence-corrected chi connectivity index (χ4v) is 4.04. The molecular weight excluding hydrogens is 519 g/mol. The summed E-state index contributed by atoms with van der Waals surface area (Å²) in [5.74, 6) is -0.230. The Labute approximate surface area is 231 Å². The van der Waals surface area contributed by atoms with E-state index < -0.39 is 6.36 Å². The number of aromatic nitrogens is 2. The molecule has 7 nitrogen and oxygen atoms in total. The number of aryl methyl sites for hydroxylation is 1. The maximum Gasteiger partial charge on any atom is 0.573 e. The Morgan fingerprint density at radius 1 is 0.950 bits per heavy atom. The summed E-state index contributed by atoms with van der Waals surface area (Å²) in [6.07, 6.45) is -3.21. The van der Waals surface area contributed by atoms with Gasteiger partial charge < -0.3 is 15.4 Å². The van der Waals surface area contributed by atoms with Gasteiger partial charge in [-0.15, -0.1) is 13.2 Å². The van der Waals surface area contributed by atoms with E-state index in [2.05, 4.69) is 50.2 Å². The summed E-state index contributed by atoms with van der Waals surface area (Å²) < 4.78 is 41.1. The number of hydrogen-bond donors (Lipinski definition) is 2. The topological polar surface area (TPSA) is 79.4 Å². The van der Waals surface area contributed by atoms with Crippen LogP contribution in [0, 0.1) is 6.92 Å². The van der Waals surface area contributed by atoms with Crippen LogP contribution >= 0.6 is 0 Å². The number of carbonyl (C=O) groups is 1. The number of carbonyl (C=O) groups excluding carboxylic acids is 1. The quantitative estimate of drug-likeness (QED) is 0.218. The predicted molar refractivity (Wildman–Crippen MR) is 150 cm³/mol. The van der Waals surface area contributed by atoms with E-state index in [0.717, 1.165) is 36.4 Å². The van der Waals surface area contributed by atoms with Crippen LogP contribution in [-0.2, 0) is 6.54 Å². The molecule has 0 aliphatic carbocycles. The molecule has 1 heterocycles. The van der Waals surface area contributed by atoms with Crippen LogP contribution in [0.5, 0.6) is 5.75 Å². The third kappa shape index (κ3) is 7.79. The highest BCUT2D eigenvalue weighted by atomic mass is 19.4. The fourth-order valence-electron chi connectivity index (χ4n) is 4.04. The summed E-state index contributed by atoms with van der Waals surface area (Å²) in [6.45, 7) is 8.94. The number of halogens is 3. The average Bonchev–Trinajstić information content (AvgIpc) is 2.93. The van der Waals surface area contributed by atoms with Gasteiger partial charge in [-0.1, -0.05) is 26.0 Å².